The number of nitrogens with two attached hydrogens (primary N) is 1. The van der Waals surface area contributed by atoms with Gasteiger partial charge in [-0.3, -0.25) is 4.79 Å². The lowest BCUT2D eigenvalue weighted by Gasteiger charge is -2.39. The van der Waals surface area contributed by atoms with E-state index in [4.69, 9.17) is 5.73 Å². The normalized spacial score (nSPS) is 17.6. The molecule has 3 nitrogen and oxygen atoms in total. The van der Waals surface area contributed by atoms with Crippen molar-refractivity contribution in [3.05, 3.63) is 0 Å². The molecule has 0 saturated heterocycles. The Morgan fingerprint density at radius 2 is 2.29 bits per heavy atom. The zero-order valence-electron chi connectivity index (χ0n) is 8.73. The van der Waals surface area contributed by atoms with Crippen LogP contribution in [0.25, 0.3) is 0 Å². The van der Waals surface area contributed by atoms with Gasteiger partial charge in [-0.25, -0.2) is 0 Å². The third kappa shape index (κ3) is 2.27. The third-order valence-corrected chi connectivity index (χ3v) is 2.90. The van der Waals surface area contributed by atoms with Crippen LogP contribution >= 0.6 is 0 Å². The molecule has 0 aliphatic heterocycles. The number of carbonyl (C=O) groups excluding carboxylic acids is 1. The highest BCUT2D eigenvalue weighted by molar-refractivity contribution is 5.83. The van der Waals surface area contributed by atoms with E-state index >= 15 is 0 Å². The molecule has 0 unspecified atom stereocenters. The number of rotatable bonds is 4. The van der Waals surface area contributed by atoms with E-state index in [0.717, 1.165) is 25.7 Å². The van der Waals surface area contributed by atoms with Crippen molar-refractivity contribution in [3.8, 4) is 11.8 Å². The molecule has 3 heteroatoms. The molecule has 14 heavy (non-hydrogen) atoms. The Morgan fingerprint density at radius 3 is 2.71 bits per heavy atom. The first-order valence-corrected chi connectivity index (χ1v) is 5.13. The molecule has 0 aromatic carbocycles. The SMILES string of the molecule is CC#CCCNC(=O)C1(CN)CCC1. The fraction of sp³-hybridized carbons (Fsp3) is 0.727. The first-order chi connectivity index (χ1) is 6.75. The molecule has 3 N–H and O–H groups in total. The topological polar surface area (TPSA) is 55.1 Å². The Hall–Kier alpha value is -1.01. The Morgan fingerprint density at radius 1 is 1.57 bits per heavy atom. The van der Waals surface area contributed by atoms with E-state index in [1.165, 1.54) is 0 Å². The van der Waals surface area contributed by atoms with E-state index in [0.29, 0.717) is 13.1 Å². The molecule has 1 fully saturated rings. The summed E-state index contributed by atoms with van der Waals surface area (Å²) >= 11 is 0. The minimum Gasteiger partial charge on any atom is -0.355 e. The fourth-order valence-electron chi connectivity index (χ4n) is 1.68. The fourth-order valence-corrected chi connectivity index (χ4v) is 1.68. The molecule has 1 saturated carbocycles. The van der Waals surface area contributed by atoms with Gasteiger partial charge in [-0.05, 0) is 19.8 Å². The van der Waals surface area contributed by atoms with Crippen molar-refractivity contribution >= 4 is 5.91 Å². The third-order valence-electron chi connectivity index (χ3n) is 2.90. The molecule has 0 aromatic rings. The largest absolute Gasteiger partial charge is 0.355 e. The summed E-state index contributed by atoms with van der Waals surface area (Å²) in [6, 6.07) is 0. The lowest BCUT2D eigenvalue weighted by molar-refractivity contribution is -0.135. The van der Waals surface area contributed by atoms with Crippen molar-refractivity contribution in [1.29, 1.82) is 0 Å². The quantitative estimate of drug-likeness (QED) is 0.510. The standard InChI is InChI=1S/C11H18N2O/c1-2-3-4-8-13-10(14)11(9-12)6-5-7-11/h4-9,12H2,1H3,(H,13,14). The van der Waals surface area contributed by atoms with Crippen LogP contribution in [0.2, 0.25) is 0 Å². The van der Waals surface area contributed by atoms with E-state index in [9.17, 15) is 4.79 Å². The average Bonchev–Trinajstić information content (AvgIpc) is 2.12. The summed E-state index contributed by atoms with van der Waals surface area (Å²) in [5.41, 5.74) is 5.36. The first-order valence-electron chi connectivity index (χ1n) is 5.13. The Bertz CT molecular complexity index is 253. The monoisotopic (exact) mass is 194 g/mol. The van der Waals surface area contributed by atoms with Gasteiger partial charge in [0.15, 0.2) is 0 Å². The summed E-state index contributed by atoms with van der Waals surface area (Å²) in [6.45, 7) is 2.91. The molecule has 1 aliphatic carbocycles. The molecule has 0 spiro atoms. The predicted octanol–water partition coefficient (Wildman–Crippen LogP) is 0.645. The van der Waals surface area contributed by atoms with Crippen LogP contribution in [0, 0.1) is 17.3 Å². The van der Waals surface area contributed by atoms with Crippen molar-refractivity contribution in [2.45, 2.75) is 32.6 Å². The van der Waals surface area contributed by atoms with Crippen LogP contribution < -0.4 is 11.1 Å². The molecule has 0 bridgehead atoms. The van der Waals surface area contributed by atoms with Crippen LogP contribution in [0.15, 0.2) is 0 Å². The first kappa shape index (κ1) is 11.1. The highest BCUT2D eigenvalue weighted by Crippen LogP contribution is 2.39. The maximum Gasteiger partial charge on any atom is 0.227 e. The minimum atomic E-state index is -0.250. The highest BCUT2D eigenvalue weighted by Gasteiger charge is 2.42. The molecule has 1 aliphatic rings. The van der Waals surface area contributed by atoms with Gasteiger partial charge in [0.1, 0.15) is 0 Å². The van der Waals surface area contributed by atoms with Gasteiger partial charge in [0.05, 0.1) is 5.41 Å². The van der Waals surface area contributed by atoms with Crippen LogP contribution in [0.1, 0.15) is 32.6 Å². The maximum atomic E-state index is 11.7. The number of hydrogen-bond donors (Lipinski definition) is 2. The molecule has 0 radical (unpaired) electrons. The second kappa shape index (κ2) is 5.02. The predicted molar refractivity (Wildman–Crippen MR) is 56.4 cm³/mol. The van der Waals surface area contributed by atoms with Gasteiger partial charge in [0, 0.05) is 19.5 Å². The van der Waals surface area contributed by atoms with Crippen molar-refractivity contribution in [1.82, 2.24) is 5.32 Å². The summed E-state index contributed by atoms with van der Waals surface area (Å²) in [6.07, 6.45) is 3.73. The second-order valence-corrected chi connectivity index (χ2v) is 3.77. The number of carbonyl (C=O) groups is 1. The zero-order chi connectivity index (χ0) is 10.4. The molecule has 78 valence electrons. The Labute approximate surface area is 85.4 Å². The lowest BCUT2D eigenvalue weighted by atomic mass is 9.68. The van der Waals surface area contributed by atoms with Gasteiger partial charge in [0.2, 0.25) is 5.91 Å². The zero-order valence-corrected chi connectivity index (χ0v) is 8.73. The summed E-state index contributed by atoms with van der Waals surface area (Å²) in [5.74, 6) is 5.82. The number of amides is 1. The van der Waals surface area contributed by atoms with Crippen molar-refractivity contribution in [2.75, 3.05) is 13.1 Å². The van der Waals surface area contributed by atoms with E-state index in [-0.39, 0.29) is 11.3 Å². The van der Waals surface area contributed by atoms with Crippen molar-refractivity contribution < 1.29 is 4.79 Å². The van der Waals surface area contributed by atoms with E-state index in [1.807, 2.05) is 0 Å². The van der Waals surface area contributed by atoms with Gasteiger partial charge in [-0.1, -0.05) is 6.42 Å². The minimum absolute atomic E-state index is 0.115. The summed E-state index contributed by atoms with van der Waals surface area (Å²) in [7, 11) is 0. The van der Waals surface area contributed by atoms with Crippen LogP contribution in [0.3, 0.4) is 0 Å². The molecule has 1 amide bonds. The van der Waals surface area contributed by atoms with Crippen molar-refractivity contribution in [3.63, 3.8) is 0 Å². The van der Waals surface area contributed by atoms with E-state index in [1.54, 1.807) is 6.92 Å². The van der Waals surface area contributed by atoms with Crippen molar-refractivity contribution in [2.24, 2.45) is 11.1 Å². The molecular formula is C11H18N2O. The second-order valence-electron chi connectivity index (χ2n) is 3.77. The summed E-state index contributed by atoms with van der Waals surface area (Å²) < 4.78 is 0. The number of hydrogen-bond acceptors (Lipinski definition) is 2. The van der Waals surface area contributed by atoms with Crippen LogP contribution in [0.4, 0.5) is 0 Å². The van der Waals surface area contributed by atoms with Gasteiger partial charge >= 0.3 is 0 Å². The van der Waals surface area contributed by atoms with Crippen LogP contribution in [-0.4, -0.2) is 19.0 Å². The molecule has 0 heterocycles. The molecule has 0 atom stereocenters. The molecule has 0 aromatic heterocycles. The van der Waals surface area contributed by atoms with Gasteiger partial charge in [-0.2, -0.15) is 0 Å². The van der Waals surface area contributed by atoms with Crippen LogP contribution in [0.5, 0.6) is 0 Å². The maximum absolute atomic E-state index is 11.7. The van der Waals surface area contributed by atoms with E-state index < -0.39 is 0 Å². The molecule has 1 rings (SSSR count). The smallest absolute Gasteiger partial charge is 0.227 e. The number of nitrogens with one attached hydrogen (secondary N) is 1. The van der Waals surface area contributed by atoms with Gasteiger partial charge < -0.3 is 11.1 Å². The highest BCUT2D eigenvalue weighted by atomic mass is 16.2. The molecular weight excluding hydrogens is 176 g/mol. The van der Waals surface area contributed by atoms with Gasteiger partial charge in [-0.15, -0.1) is 11.8 Å². The Kier molecular flexibility index (Phi) is 3.97. The Balaban J connectivity index is 2.29. The average molecular weight is 194 g/mol. The van der Waals surface area contributed by atoms with Crippen LogP contribution in [-0.2, 0) is 4.79 Å². The summed E-state index contributed by atoms with van der Waals surface area (Å²) in [4.78, 5) is 11.7. The van der Waals surface area contributed by atoms with E-state index in [2.05, 4.69) is 17.2 Å². The lowest BCUT2D eigenvalue weighted by Crippen LogP contribution is -2.50. The van der Waals surface area contributed by atoms with Gasteiger partial charge in [0.25, 0.3) is 0 Å². The summed E-state index contributed by atoms with van der Waals surface area (Å²) in [5, 5.41) is 2.89.